The van der Waals surface area contributed by atoms with Crippen LogP contribution in [0.25, 0.3) is 0 Å². The zero-order chi connectivity index (χ0) is 14.4. The van der Waals surface area contributed by atoms with Gasteiger partial charge in [0.15, 0.2) is 0 Å². The Morgan fingerprint density at radius 3 is 2.26 bits per heavy atom. The van der Waals surface area contributed by atoms with Crippen LogP contribution in [0.1, 0.15) is 32.8 Å². The van der Waals surface area contributed by atoms with E-state index >= 15 is 0 Å². The maximum Gasteiger partial charge on any atom is 0.308 e. The van der Waals surface area contributed by atoms with Crippen molar-refractivity contribution >= 4 is 11.7 Å². The van der Waals surface area contributed by atoms with Crippen molar-refractivity contribution in [1.29, 1.82) is 0 Å². The van der Waals surface area contributed by atoms with Gasteiger partial charge < -0.3 is 10.0 Å². The van der Waals surface area contributed by atoms with Gasteiger partial charge in [-0.1, -0.05) is 32.9 Å². The fraction of sp³-hybridized carbons (Fsp3) is 0.562. The molecule has 1 atom stereocenters. The zero-order valence-corrected chi connectivity index (χ0v) is 12.4. The first kappa shape index (κ1) is 15.5. The molecule has 0 radical (unpaired) electrons. The van der Waals surface area contributed by atoms with Crippen molar-refractivity contribution in [3.05, 3.63) is 29.8 Å². The third-order valence-electron chi connectivity index (χ3n) is 3.36. The molecule has 1 rings (SSSR count). The van der Waals surface area contributed by atoms with Gasteiger partial charge in [0.2, 0.25) is 0 Å². The minimum atomic E-state index is -0.717. The van der Waals surface area contributed by atoms with Crippen LogP contribution in [0.3, 0.4) is 0 Å². The van der Waals surface area contributed by atoms with Crippen molar-refractivity contribution in [3.8, 4) is 0 Å². The van der Waals surface area contributed by atoms with Crippen LogP contribution in [0.5, 0.6) is 0 Å². The molecule has 1 N–H and O–H groups in total. The Labute approximate surface area is 116 Å². The molecule has 0 aliphatic carbocycles. The van der Waals surface area contributed by atoms with Crippen molar-refractivity contribution in [2.24, 2.45) is 11.8 Å². The van der Waals surface area contributed by atoms with Crippen LogP contribution in [0.2, 0.25) is 0 Å². The highest BCUT2D eigenvalue weighted by molar-refractivity contribution is 5.71. The highest BCUT2D eigenvalue weighted by atomic mass is 16.4. The van der Waals surface area contributed by atoms with Crippen molar-refractivity contribution in [2.45, 2.75) is 33.6 Å². The number of aliphatic carboxylic acids is 1. The number of benzene rings is 1. The first-order valence-corrected chi connectivity index (χ1v) is 6.96. The van der Waals surface area contributed by atoms with Crippen LogP contribution < -0.4 is 4.90 Å². The molecular weight excluding hydrogens is 238 g/mol. The van der Waals surface area contributed by atoms with Crippen molar-refractivity contribution < 1.29 is 9.90 Å². The Kier molecular flexibility index (Phi) is 5.87. The number of anilines is 1. The predicted molar refractivity (Wildman–Crippen MR) is 79.7 cm³/mol. The maximum absolute atomic E-state index is 11.0. The fourth-order valence-corrected chi connectivity index (χ4v) is 2.18. The van der Waals surface area contributed by atoms with Crippen LogP contribution in [0.4, 0.5) is 5.69 Å². The van der Waals surface area contributed by atoms with Gasteiger partial charge in [-0.3, -0.25) is 4.79 Å². The lowest BCUT2D eigenvalue weighted by atomic mass is 10.0. The maximum atomic E-state index is 11.0. The normalized spacial score (nSPS) is 12.5. The second kappa shape index (κ2) is 7.17. The van der Waals surface area contributed by atoms with Crippen LogP contribution in [-0.4, -0.2) is 24.7 Å². The second-order valence-electron chi connectivity index (χ2n) is 5.59. The van der Waals surface area contributed by atoms with Crippen LogP contribution in [0, 0.1) is 11.8 Å². The summed E-state index contributed by atoms with van der Waals surface area (Å²) >= 11 is 0. The minimum Gasteiger partial charge on any atom is -0.481 e. The Balaban J connectivity index is 2.67. The average molecular weight is 263 g/mol. The molecule has 3 heteroatoms. The lowest BCUT2D eigenvalue weighted by Crippen LogP contribution is -2.29. The molecule has 0 aliphatic heterocycles. The quantitative estimate of drug-likeness (QED) is 0.819. The smallest absolute Gasteiger partial charge is 0.308 e. The summed E-state index contributed by atoms with van der Waals surface area (Å²) in [6, 6.07) is 8.42. The van der Waals surface area contributed by atoms with Crippen molar-refractivity contribution in [2.75, 3.05) is 18.5 Å². The number of hydrogen-bond acceptors (Lipinski definition) is 2. The van der Waals surface area contributed by atoms with E-state index in [1.54, 1.807) is 0 Å². The van der Waals surface area contributed by atoms with E-state index in [9.17, 15) is 4.79 Å². The molecule has 0 heterocycles. The molecule has 1 unspecified atom stereocenters. The van der Waals surface area contributed by atoms with E-state index in [-0.39, 0.29) is 5.92 Å². The zero-order valence-electron chi connectivity index (χ0n) is 12.4. The van der Waals surface area contributed by atoms with E-state index in [1.807, 2.05) is 18.9 Å². The summed E-state index contributed by atoms with van der Waals surface area (Å²) in [5.74, 6) is -0.369. The first-order chi connectivity index (χ1) is 8.93. The van der Waals surface area contributed by atoms with E-state index in [4.69, 9.17) is 5.11 Å². The Morgan fingerprint density at radius 1 is 1.26 bits per heavy atom. The molecule has 19 heavy (non-hydrogen) atoms. The van der Waals surface area contributed by atoms with Gasteiger partial charge in [-0.2, -0.15) is 0 Å². The molecule has 0 saturated heterocycles. The van der Waals surface area contributed by atoms with Gasteiger partial charge in [0, 0.05) is 19.3 Å². The lowest BCUT2D eigenvalue weighted by Gasteiger charge is -2.23. The highest BCUT2D eigenvalue weighted by Crippen LogP contribution is 2.18. The number of carboxylic acids is 1. The van der Waals surface area contributed by atoms with Crippen LogP contribution in [0.15, 0.2) is 24.3 Å². The SMILES string of the molecule is CCC(CN(C)c1ccc(CC(C)C)cc1)C(=O)O. The van der Waals surface area contributed by atoms with Crippen molar-refractivity contribution in [3.63, 3.8) is 0 Å². The Bertz CT molecular complexity index is 398. The molecule has 0 saturated carbocycles. The third-order valence-corrected chi connectivity index (χ3v) is 3.36. The third kappa shape index (κ3) is 4.93. The van der Waals surface area contributed by atoms with Crippen molar-refractivity contribution in [1.82, 2.24) is 0 Å². The average Bonchev–Trinajstić information content (AvgIpc) is 2.35. The molecule has 0 bridgehead atoms. The molecule has 3 nitrogen and oxygen atoms in total. The highest BCUT2D eigenvalue weighted by Gasteiger charge is 2.17. The van der Waals surface area contributed by atoms with Gasteiger partial charge in [0.1, 0.15) is 0 Å². The minimum absolute atomic E-state index is 0.305. The number of nitrogens with zero attached hydrogens (tertiary/aromatic N) is 1. The van der Waals surface area contributed by atoms with Crippen LogP contribution >= 0.6 is 0 Å². The monoisotopic (exact) mass is 263 g/mol. The van der Waals surface area contributed by atoms with E-state index < -0.39 is 5.97 Å². The Morgan fingerprint density at radius 2 is 1.84 bits per heavy atom. The summed E-state index contributed by atoms with van der Waals surface area (Å²) in [6.45, 7) is 6.88. The molecular formula is C16H25NO2. The molecule has 106 valence electrons. The first-order valence-electron chi connectivity index (χ1n) is 6.96. The summed E-state index contributed by atoms with van der Waals surface area (Å²) in [4.78, 5) is 13.1. The molecule has 0 aromatic heterocycles. The standard InChI is InChI=1S/C16H25NO2/c1-5-14(16(18)19)11-17(4)15-8-6-13(7-9-15)10-12(2)3/h6-9,12,14H,5,10-11H2,1-4H3,(H,18,19). The summed E-state index contributed by atoms with van der Waals surface area (Å²) in [7, 11) is 1.95. The van der Waals surface area contributed by atoms with E-state index in [1.165, 1.54) is 5.56 Å². The van der Waals surface area contributed by atoms with Crippen LogP contribution in [-0.2, 0) is 11.2 Å². The lowest BCUT2D eigenvalue weighted by molar-refractivity contribution is -0.141. The number of rotatable bonds is 7. The fourth-order valence-electron chi connectivity index (χ4n) is 2.18. The molecule has 0 spiro atoms. The number of carboxylic acid groups (broad SMARTS) is 1. The Hall–Kier alpha value is -1.51. The predicted octanol–water partition coefficient (Wildman–Crippen LogP) is 3.43. The molecule has 1 aromatic carbocycles. The van der Waals surface area contributed by atoms with E-state index in [2.05, 4.69) is 38.1 Å². The molecule has 0 amide bonds. The van der Waals surface area contributed by atoms with E-state index in [0.717, 1.165) is 12.1 Å². The van der Waals surface area contributed by atoms with E-state index in [0.29, 0.717) is 18.9 Å². The van der Waals surface area contributed by atoms with Gasteiger partial charge in [-0.25, -0.2) is 0 Å². The summed E-state index contributed by atoms with van der Waals surface area (Å²) in [5, 5.41) is 9.09. The second-order valence-corrected chi connectivity index (χ2v) is 5.59. The van der Waals surface area contributed by atoms with Gasteiger partial charge >= 0.3 is 5.97 Å². The molecule has 0 fully saturated rings. The summed E-state index contributed by atoms with van der Waals surface area (Å²) < 4.78 is 0. The van der Waals surface area contributed by atoms with Gasteiger partial charge in [0.25, 0.3) is 0 Å². The largest absolute Gasteiger partial charge is 0.481 e. The number of carbonyl (C=O) groups is 1. The summed E-state index contributed by atoms with van der Waals surface area (Å²) in [6.07, 6.45) is 1.74. The summed E-state index contributed by atoms with van der Waals surface area (Å²) in [5.41, 5.74) is 2.41. The van der Waals surface area contributed by atoms with Gasteiger partial charge in [-0.05, 0) is 36.5 Å². The molecule has 0 aliphatic rings. The topological polar surface area (TPSA) is 40.5 Å². The molecule has 1 aromatic rings. The van der Waals surface area contributed by atoms with Gasteiger partial charge in [0.05, 0.1) is 5.92 Å². The number of hydrogen-bond donors (Lipinski definition) is 1. The van der Waals surface area contributed by atoms with Gasteiger partial charge in [-0.15, -0.1) is 0 Å².